The van der Waals surface area contributed by atoms with Crippen LogP contribution in [0.1, 0.15) is 10.4 Å². The number of hydrogen-bond donors (Lipinski definition) is 1. The van der Waals surface area contributed by atoms with Crippen LogP contribution in [0.5, 0.6) is 0 Å². The number of aromatic nitrogens is 1. The van der Waals surface area contributed by atoms with Gasteiger partial charge >= 0.3 is 0 Å². The predicted octanol–water partition coefficient (Wildman–Crippen LogP) is 3.09. The molecule has 0 saturated carbocycles. The van der Waals surface area contributed by atoms with Crippen molar-refractivity contribution in [3.05, 3.63) is 34.7 Å². The van der Waals surface area contributed by atoms with E-state index in [9.17, 15) is 0 Å². The molecule has 0 spiro atoms. The van der Waals surface area contributed by atoms with Crippen LogP contribution >= 0.6 is 11.3 Å². The summed E-state index contributed by atoms with van der Waals surface area (Å²) in [4.78, 5) is 6.00. The molecule has 1 aliphatic rings. The fourth-order valence-electron chi connectivity index (χ4n) is 1.86. The average molecular weight is 216 g/mol. The fourth-order valence-corrected chi connectivity index (χ4v) is 2.89. The highest BCUT2D eigenvalue weighted by molar-refractivity contribution is 7.15. The minimum Gasteiger partial charge on any atom is -0.369 e. The molecule has 2 aromatic rings. The first kappa shape index (κ1) is 8.92. The second-order valence-electron chi connectivity index (χ2n) is 3.84. The molecule has 0 bridgehead atoms. The van der Waals surface area contributed by atoms with Gasteiger partial charge in [0.05, 0.1) is 4.88 Å². The van der Waals surface area contributed by atoms with Crippen LogP contribution in [0.3, 0.4) is 0 Å². The third-order valence-corrected chi connectivity index (χ3v) is 3.77. The van der Waals surface area contributed by atoms with Gasteiger partial charge in [0.1, 0.15) is 10.8 Å². The number of anilines is 1. The first-order valence-electron chi connectivity index (χ1n) is 5.13. The molecule has 76 valence electrons. The fraction of sp³-hybridized carbons (Fsp3) is 0.250. The number of thiazole rings is 1. The molecule has 2 heterocycles. The average Bonchev–Trinajstić information content (AvgIpc) is 2.76. The number of nitrogens with zero attached hydrogens (tertiary/aromatic N) is 1. The molecule has 0 saturated heterocycles. The Balaban J connectivity index is 2.06. The molecule has 0 aliphatic carbocycles. The SMILES string of the molecule is Cc1cccc(-c2nc3c(s2)CCN3)c1. The van der Waals surface area contributed by atoms with E-state index in [2.05, 4.69) is 41.5 Å². The standard InChI is InChI=1S/C12H12N2S/c1-8-3-2-4-9(7-8)12-14-11-10(15-12)5-6-13-11/h2-4,7,13H,5-6H2,1H3. The maximum absolute atomic E-state index is 4.61. The molecule has 0 fully saturated rings. The van der Waals surface area contributed by atoms with Crippen molar-refractivity contribution in [1.82, 2.24) is 4.98 Å². The van der Waals surface area contributed by atoms with Gasteiger partial charge in [-0.05, 0) is 13.0 Å². The van der Waals surface area contributed by atoms with Crippen molar-refractivity contribution >= 4 is 17.2 Å². The highest BCUT2D eigenvalue weighted by atomic mass is 32.1. The lowest BCUT2D eigenvalue weighted by molar-refractivity contribution is 1.12. The lowest BCUT2D eigenvalue weighted by Gasteiger charge is -1.98. The summed E-state index contributed by atoms with van der Waals surface area (Å²) in [5.74, 6) is 1.09. The third kappa shape index (κ3) is 1.53. The predicted molar refractivity (Wildman–Crippen MR) is 64.5 cm³/mol. The van der Waals surface area contributed by atoms with E-state index in [0.717, 1.165) is 23.8 Å². The summed E-state index contributed by atoms with van der Waals surface area (Å²) in [6.07, 6.45) is 1.12. The number of fused-ring (bicyclic) bond motifs is 1. The van der Waals surface area contributed by atoms with Crippen molar-refractivity contribution in [2.75, 3.05) is 11.9 Å². The van der Waals surface area contributed by atoms with Crippen molar-refractivity contribution in [1.29, 1.82) is 0 Å². The van der Waals surface area contributed by atoms with E-state index in [1.165, 1.54) is 16.0 Å². The van der Waals surface area contributed by atoms with Gasteiger partial charge in [-0.3, -0.25) is 0 Å². The minimum atomic E-state index is 1.04. The molecular formula is C12H12N2S. The zero-order valence-electron chi connectivity index (χ0n) is 8.58. The maximum Gasteiger partial charge on any atom is 0.141 e. The lowest BCUT2D eigenvalue weighted by Crippen LogP contribution is -1.93. The van der Waals surface area contributed by atoms with E-state index >= 15 is 0 Å². The van der Waals surface area contributed by atoms with E-state index in [1.807, 2.05) is 11.3 Å². The van der Waals surface area contributed by atoms with Gasteiger partial charge in [0.15, 0.2) is 0 Å². The van der Waals surface area contributed by atoms with Crippen LogP contribution in [0.4, 0.5) is 5.82 Å². The number of aryl methyl sites for hydroxylation is 1. The monoisotopic (exact) mass is 216 g/mol. The summed E-state index contributed by atoms with van der Waals surface area (Å²) in [6, 6.07) is 8.52. The lowest BCUT2D eigenvalue weighted by atomic mass is 10.1. The van der Waals surface area contributed by atoms with Crippen molar-refractivity contribution in [3.63, 3.8) is 0 Å². The molecule has 0 atom stereocenters. The minimum absolute atomic E-state index is 1.04. The summed E-state index contributed by atoms with van der Waals surface area (Å²) in [5.41, 5.74) is 2.52. The normalized spacial score (nSPS) is 13.7. The van der Waals surface area contributed by atoms with Crippen LogP contribution in [0, 0.1) is 6.92 Å². The number of nitrogens with one attached hydrogen (secondary N) is 1. The van der Waals surface area contributed by atoms with E-state index < -0.39 is 0 Å². The molecule has 3 heteroatoms. The van der Waals surface area contributed by atoms with E-state index in [1.54, 1.807) is 0 Å². The Morgan fingerprint density at radius 3 is 3.13 bits per heavy atom. The van der Waals surface area contributed by atoms with E-state index in [4.69, 9.17) is 0 Å². The maximum atomic E-state index is 4.61. The molecular weight excluding hydrogens is 204 g/mol. The Morgan fingerprint density at radius 2 is 2.33 bits per heavy atom. The zero-order chi connectivity index (χ0) is 10.3. The van der Waals surface area contributed by atoms with Crippen LogP contribution < -0.4 is 5.32 Å². The van der Waals surface area contributed by atoms with Crippen LogP contribution in [-0.4, -0.2) is 11.5 Å². The molecule has 2 nitrogen and oxygen atoms in total. The van der Waals surface area contributed by atoms with Crippen LogP contribution in [0.15, 0.2) is 24.3 Å². The largest absolute Gasteiger partial charge is 0.369 e. The number of benzene rings is 1. The van der Waals surface area contributed by atoms with Crippen molar-refractivity contribution in [2.45, 2.75) is 13.3 Å². The molecule has 1 aromatic carbocycles. The Bertz CT molecular complexity index is 481. The smallest absolute Gasteiger partial charge is 0.141 e. The molecule has 15 heavy (non-hydrogen) atoms. The first-order chi connectivity index (χ1) is 7.33. The third-order valence-electron chi connectivity index (χ3n) is 2.61. The molecule has 1 aliphatic heterocycles. The highest BCUT2D eigenvalue weighted by Crippen LogP contribution is 2.34. The summed E-state index contributed by atoms with van der Waals surface area (Å²) in [6.45, 7) is 3.16. The Labute approximate surface area is 93.0 Å². The molecule has 0 amide bonds. The Morgan fingerprint density at radius 1 is 1.40 bits per heavy atom. The summed E-state index contributed by atoms with van der Waals surface area (Å²) >= 11 is 1.81. The summed E-state index contributed by atoms with van der Waals surface area (Å²) in [5, 5.41) is 4.44. The molecule has 1 N–H and O–H groups in total. The topological polar surface area (TPSA) is 24.9 Å². The van der Waals surface area contributed by atoms with E-state index in [-0.39, 0.29) is 0 Å². The van der Waals surface area contributed by atoms with Gasteiger partial charge < -0.3 is 5.32 Å². The number of hydrogen-bond acceptors (Lipinski definition) is 3. The van der Waals surface area contributed by atoms with Crippen molar-refractivity contribution < 1.29 is 0 Å². The van der Waals surface area contributed by atoms with Crippen molar-refractivity contribution in [2.24, 2.45) is 0 Å². The summed E-state index contributed by atoms with van der Waals surface area (Å²) < 4.78 is 0. The number of rotatable bonds is 1. The van der Waals surface area contributed by atoms with Gasteiger partial charge in [-0.15, -0.1) is 11.3 Å². The quantitative estimate of drug-likeness (QED) is 0.792. The second kappa shape index (κ2) is 3.35. The van der Waals surface area contributed by atoms with E-state index in [0.29, 0.717) is 0 Å². The molecule has 0 radical (unpaired) electrons. The first-order valence-corrected chi connectivity index (χ1v) is 5.95. The Hall–Kier alpha value is -1.35. The van der Waals surface area contributed by atoms with Crippen LogP contribution in [-0.2, 0) is 6.42 Å². The van der Waals surface area contributed by atoms with Crippen LogP contribution in [0.25, 0.3) is 10.6 Å². The van der Waals surface area contributed by atoms with Gasteiger partial charge in [0.2, 0.25) is 0 Å². The highest BCUT2D eigenvalue weighted by Gasteiger charge is 2.16. The second-order valence-corrected chi connectivity index (χ2v) is 4.92. The van der Waals surface area contributed by atoms with Gasteiger partial charge in [-0.25, -0.2) is 4.98 Å². The molecule has 1 aromatic heterocycles. The van der Waals surface area contributed by atoms with Gasteiger partial charge in [0.25, 0.3) is 0 Å². The van der Waals surface area contributed by atoms with Crippen LogP contribution in [0.2, 0.25) is 0 Å². The van der Waals surface area contributed by atoms with Gasteiger partial charge in [0, 0.05) is 18.5 Å². The van der Waals surface area contributed by atoms with Crippen molar-refractivity contribution in [3.8, 4) is 10.6 Å². The molecule has 0 unspecified atom stereocenters. The Kier molecular flexibility index (Phi) is 1.99. The zero-order valence-corrected chi connectivity index (χ0v) is 9.40. The summed E-state index contributed by atoms with van der Waals surface area (Å²) in [7, 11) is 0. The molecule has 3 rings (SSSR count). The van der Waals surface area contributed by atoms with Gasteiger partial charge in [-0.1, -0.05) is 23.8 Å². The van der Waals surface area contributed by atoms with Gasteiger partial charge in [-0.2, -0.15) is 0 Å².